The van der Waals surface area contributed by atoms with Gasteiger partial charge < -0.3 is 10.3 Å². The van der Waals surface area contributed by atoms with E-state index in [-0.39, 0.29) is 5.92 Å². The van der Waals surface area contributed by atoms with Crippen LogP contribution in [-0.2, 0) is 0 Å². The first-order valence-corrected chi connectivity index (χ1v) is 4.95. The van der Waals surface area contributed by atoms with Crippen LogP contribution in [-0.4, -0.2) is 10.1 Å². The lowest BCUT2D eigenvalue weighted by molar-refractivity contribution is 0.434. The van der Waals surface area contributed by atoms with Crippen LogP contribution in [0.15, 0.2) is 23.0 Å². The summed E-state index contributed by atoms with van der Waals surface area (Å²) in [6.45, 7) is 3.94. The SMILES string of the molecule is CC(C)c1c(N)noc1-c1cncc(F)c1. The molecule has 2 heterocycles. The van der Waals surface area contributed by atoms with Gasteiger partial charge in [-0.3, -0.25) is 4.98 Å². The van der Waals surface area contributed by atoms with E-state index in [0.717, 1.165) is 11.8 Å². The number of halogens is 1. The largest absolute Gasteiger partial charge is 0.381 e. The maximum absolute atomic E-state index is 13.0. The summed E-state index contributed by atoms with van der Waals surface area (Å²) in [6.07, 6.45) is 2.66. The van der Waals surface area contributed by atoms with Gasteiger partial charge in [0.1, 0.15) is 5.82 Å². The average molecular weight is 221 g/mol. The number of rotatable bonds is 2. The van der Waals surface area contributed by atoms with E-state index in [1.54, 1.807) is 0 Å². The Morgan fingerprint density at radius 1 is 1.38 bits per heavy atom. The molecule has 2 rings (SSSR count). The van der Waals surface area contributed by atoms with Gasteiger partial charge in [0, 0.05) is 17.3 Å². The van der Waals surface area contributed by atoms with E-state index < -0.39 is 5.82 Å². The van der Waals surface area contributed by atoms with E-state index in [4.69, 9.17) is 10.3 Å². The molecular formula is C11H12FN3O. The minimum absolute atomic E-state index is 0.157. The molecule has 0 aliphatic rings. The summed E-state index contributed by atoms with van der Waals surface area (Å²) < 4.78 is 18.2. The molecule has 0 atom stereocenters. The Labute approximate surface area is 92.3 Å². The molecule has 84 valence electrons. The smallest absolute Gasteiger partial charge is 0.174 e. The quantitative estimate of drug-likeness (QED) is 0.846. The average Bonchev–Trinajstić information content (AvgIpc) is 2.60. The van der Waals surface area contributed by atoms with E-state index in [1.165, 1.54) is 12.3 Å². The second-order valence-electron chi connectivity index (χ2n) is 3.86. The third-order valence-corrected chi connectivity index (χ3v) is 2.30. The normalized spacial score (nSPS) is 11.0. The standard InChI is InChI=1S/C11H12FN3O/c1-6(2)9-10(16-15-11(9)13)7-3-8(12)5-14-4-7/h3-6H,1-2H3,(H2,13,15). The third-order valence-electron chi connectivity index (χ3n) is 2.30. The molecule has 0 saturated heterocycles. The van der Waals surface area contributed by atoms with Crippen LogP contribution in [0.4, 0.5) is 10.2 Å². The molecular weight excluding hydrogens is 209 g/mol. The summed E-state index contributed by atoms with van der Waals surface area (Å²) in [5.41, 5.74) is 7.03. The second kappa shape index (κ2) is 3.92. The van der Waals surface area contributed by atoms with E-state index in [1.807, 2.05) is 13.8 Å². The first-order chi connectivity index (χ1) is 7.59. The number of aromatic nitrogens is 2. The summed E-state index contributed by atoms with van der Waals surface area (Å²) in [4.78, 5) is 3.77. The van der Waals surface area contributed by atoms with Crippen molar-refractivity contribution in [2.45, 2.75) is 19.8 Å². The number of nitrogens with two attached hydrogens (primary N) is 1. The fourth-order valence-electron chi connectivity index (χ4n) is 1.61. The van der Waals surface area contributed by atoms with Gasteiger partial charge in [0.15, 0.2) is 11.6 Å². The van der Waals surface area contributed by atoms with Gasteiger partial charge in [0.2, 0.25) is 0 Å². The summed E-state index contributed by atoms with van der Waals surface area (Å²) >= 11 is 0. The Morgan fingerprint density at radius 3 is 2.75 bits per heavy atom. The highest BCUT2D eigenvalue weighted by atomic mass is 19.1. The van der Waals surface area contributed by atoms with Crippen LogP contribution in [0.5, 0.6) is 0 Å². The Morgan fingerprint density at radius 2 is 2.12 bits per heavy atom. The maximum atomic E-state index is 13.0. The van der Waals surface area contributed by atoms with Crippen molar-refractivity contribution in [3.63, 3.8) is 0 Å². The number of hydrogen-bond donors (Lipinski definition) is 1. The molecule has 0 radical (unpaired) electrons. The van der Waals surface area contributed by atoms with Gasteiger partial charge in [-0.05, 0) is 12.0 Å². The van der Waals surface area contributed by atoms with Crippen molar-refractivity contribution in [1.82, 2.24) is 10.1 Å². The fourth-order valence-corrected chi connectivity index (χ4v) is 1.61. The zero-order valence-corrected chi connectivity index (χ0v) is 9.07. The number of nitrogen functional groups attached to an aromatic ring is 1. The zero-order chi connectivity index (χ0) is 11.7. The van der Waals surface area contributed by atoms with E-state index in [2.05, 4.69) is 10.1 Å². The van der Waals surface area contributed by atoms with Crippen LogP contribution < -0.4 is 5.73 Å². The van der Waals surface area contributed by atoms with Crippen LogP contribution in [0.3, 0.4) is 0 Å². The van der Waals surface area contributed by atoms with Crippen molar-refractivity contribution in [1.29, 1.82) is 0 Å². The molecule has 0 aliphatic carbocycles. The van der Waals surface area contributed by atoms with Gasteiger partial charge in [0.05, 0.1) is 6.20 Å². The van der Waals surface area contributed by atoms with Crippen LogP contribution in [0.2, 0.25) is 0 Å². The minimum atomic E-state index is -0.415. The molecule has 2 aromatic heterocycles. The molecule has 0 fully saturated rings. The summed E-state index contributed by atoms with van der Waals surface area (Å²) in [5.74, 6) is 0.570. The highest BCUT2D eigenvalue weighted by molar-refractivity contribution is 5.66. The first-order valence-electron chi connectivity index (χ1n) is 4.95. The van der Waals surface area contributed by atoms with Crippen LogP contribution in [0.1, 0.15) is 25.3 Å². The molecule has 16 heavy (non-hydrogen) atoms. The van der Waals surface area contributed by atoms with Crippen molar-refractivity contribution < 1.29 is 8.91 Å². The number of hydrogen-bond acceptors (Lipinski definition) is 4. The highest BCUT2D eigenvalue weighted by Gasteiger charge is 2.18. The van der Waals surface area contributed by atoms with Crippen molar-refractivity contribution in [3.05, 3.63) is 29.8 Å². The van der Waals surface area contributed by atoms with E-state index in [0.29, 0.717) is 17.1 Å². The molecule has 0 spiro atoms. The summed E-state index contributed by atoms with van der Waals surface area (Å²) in [6, 6.07) is 1.35. The lowest BCUT2D eigenvalue weighted by Crippen LogP contribution is -1.95. The lowest BCUT2D eigenvalue weighted by Gasteiger charge is -2.04. The monoisotopic (exact) mass is 221 g/mol. The summed E-state index contributed by atoms with van der Waals surface area (Å²) in [5, 5.41) is 3.70. The van der Waals surface area contributed by atoms with Gasteiger partial charge in [-0.1, -0.05) is 19.0 Å². The zero-order valence-electron chi connectivity index (χ0n) is 9.07. The Hall–Kier alpha value is -1.91. The van der Waals surface area contributed by atoms with Gasteiger partial charge in [-0.15, -0.1) is 0 Å². The molecule has 0 aromatic carbocycles. The number of nitrogens with zero attached hydrogens (tertiary/aromatic N) is 2. The fraction of sp³-hybridized carbons (Fsp3) is 0.273. The molecule has 0 saturated carbocycles. The molecule has 5 heteroatoms. The maximum Gasteiger partial charge on any atom is 0.174 e. The predicted molar refractivity (Wildman–Crippen MR) is 58.2 cm³/mol. The lowest BCUT2D eigenvalue weighted by atomic mass is 10.0. The topological polar surface area (TPSA) is 64.9 Å². The van der Waals surface area contributed by atoms with Crippen molar-refractivity contribution in [3.8, 4) is 11.3 Å². The summed E-state index contributed by atoms with van der Waals surface area (Å²) in [7, 11) is 0. The van der Waals surface area contributed by atoms with Crippen LogP contribution in [0.25, 0.3) is 11.3 Å². The molecule has 2 aromatic rings. The van der Waals surface area contributed by atoms with Crippen LogP contribution in [0, 0.1) is 5.82 Å². The molecule has 0 amide bonds. The molecule has 0 aliphatic heterocycles. The van der Waals surface area contributed by atoms with Crippen LogP contribution >= 0.6 is 0 Å². The molecule has 4 nitrogen and oxygen atoms in total. The molecule has 2 N–H and O–H groups in total. The number of pyridine rings is 1. The third kappa shape index (κ3) is 1.76. The number of anilines is 1. The van der Waals surface area contributed by atoms with E-state index in [9.17, 15) is 4.39 Å². The van der Waals surface area contributed by atoms with Gasteiger partial charge in [0.25, 0.3) is 0 Å². The Balaban J connectivity index is 2.56. The minimum Gasteiger partial charge on any atom is -0.381 e. The highest BCUT2D eigenvalue weighted by Crippen LogP contribution is 2.33. The second-order valence-corrected chi connectivity index (χ2v) is 3.86. The van der Waals surface area contributed by atoms with Crippen molar-refractivity contribution in [2.24, 2.45) is 0 Å². The predicted octanol–water partition coefficient (Wildman–Crippen LogP) is 2.58. The molecule has 0 bridgehead atoms. The molecule has 0 unspecified atom stereocenters. The van der Waals surface area contributed by atoms with Crippen molar-refractivity contribution in [2.75, 3.05) is 5.73 Å². The van der Waals surface area contributed by atoms with Gasteiger partial charge in [-0.25, -0.2) is 4.39 Å². The van der Waals surface area contributed by atoms with E-state index >= 15 is 0 Å². The Bertz CT molecular complexity index is 508. The first kappa shape index (κ1) is 10.6. The Kier molecular flexibility index (Phi) is 2.60. The van der Waals surface area contributed by atoms with Crippen molar-refractivity contribution >= 4 is 5.82 Å². The van der Waals surface area contributed by atoms with Gasteiger partial charge in [-0.2, -0.15) is 0 Å². The van der Waals surface area contributed by atoms with Gasteiger partial charge >= 0.3 is 0 Å².